The molecule has 0 unspecified atom stereocenters. The minimum Gasteiger partial charge on any atom is -0.383 e. The summed E-state index contributed by atoms with van der Waals surface area (Å²) in [6.07, 6.45) is 1.09. The molecule has 0 spiro atoms. The van der Waals surface area contributed by atoms with Gasteiger partial charge in [-0.3, -0.25) is 0 Å². The predicted molar refractivity (Wildman–Crippen MR) is 82.4 cm³/mol. The van der Waals surface area contributed by atoms with Crippen LogP contribution in [0.2, 0.25) is 5.15 Å². The van der Waals surface area contributed by atoms with E-state index in [-0.39, 0.29) is 0 Å². The molecule has 0 fully saturated rings. The molecule has 5 heteroatoms. The molecule has 3 rings (SSSR count). The van der Waals surface area contributed by atoms with Gasteiger partial charge in [-0.05, 0) is 31.5 Å². The van der Waals surface area contributed by atoms with Crippen molar-refractivity contribution in [1.29, 1.82) is 0 Å². The lowest BCUT2D eigenvalue weighted by atomic mass is 10.2. The van der Waals surface area contributed by atoms with Gasteiger partial charge in [0.1, 0.15) is 11.0 Å². The fraction of sp³-hybridized carbons (Fsp3) is 0.333. The van der Waals surface area contributed by atoms with Crippen LogP contribution in [0.3, 0.4) is 0 Å². The zero-order valence-electron chi connectivity index (χ0n) is 11.4. The van der Waals surface area contributed by atoms with E-state index < -0.39 is 0 Å². The average Bonchev–Trinajstić information content (AvgIpc) is 2.61. The Morgan fingerprint density at radius 3 is 3.00 bits per heavy atom. The maximum absolute atomic E-state index is 6.02. The van der Waals surface area contributed by atoms with Crippen molar-refractivity contribution in [1.82, 2.24) is 9.97 Å². The molecule has 2 heterocycles. The lowest BCUT2D eigenvalue weighted by molar-refractivity contribution is 0.731. The van der Waals surface area contributed by atoms with Crippen LogP contribution >= 0.6 is 11.6 Å². The largest absolute Gasteiger partial charge is 0.383 e. The Labute approximate surface area is 123 Å². The van der Waals surface area contributed by atoms with Gasteiger partial charge in [0.05, 0.1) is 17.9 Å². The first-order chi connectivity index (χ1) is 9.72. The van der Waals surface area contributed by atoms with Crippen molar-refractivity contribution in [2.75, 3.05) is 23.3 Å². The molecule has 20 heavy (non-hydrogen) atoms. The fourth-order valence-electron chi connectivity index (χ4n) is 2.51. The number of aryl methyl sites for hydroxylation is 1. The molecule has 2 aromatic rings. The summed E-state index contributed by atoms with van der Waals surface area (Å²) in [5.41, 5.74) is 3.27. The number of nitrogens with one attached hydrogen (secondary N) is 1. The van der Waals surface area contributed by atoms with Gasteiger partial charge >= 0.3 is 0 Å². The van der Waals surface area contributed by atoms with Crippen molar-refractivity contribution in [2.24, 2.45) is 0 Å². The van der Waals surface area contributed by atoms with Gasteiger partial charge in [-0.1, -0.05) is 23.7 Å². The summed E-state index contributed by atoms with van der Waals surface area (Å²) < 4.78 is 0. The lowest BCUT2D eigenvalue weighted by Crippen LogP contribution is -2.24. The molecule has 0 saturated carbocycles. The van der Waals surface area contributed by atoms with Gasteiger partial charge in [0, 0.05) is 18.8 Å². The molecule has 0 aliphatic carbocycles. The number of benzene rings is 1. The predicted octanol–water partition coefficient (Wildman–Crippen LogP) is 3.26. The van der Waals surface area contributed by atoms with Gasteiger partial charge in [0.2, 0.25) is 0 Å². The number of fused-ring (bicyclic) bond motifs is 1. The second kappa shape index (κ2) is 5.67. The van der Waals surface area contributed by atoms with Gasteiger partial charge < -0.3 is 10.2 Å². The van der Waals surface area contributed by atoms with Crippen LogP contribution < -0.4 is 10.2 Å². The topological polar surface area (TPSA) is 41.1 Å². The quantitative estimate of drug-likeness (QED) is 0.861. The molecule has 1 aromatic carbocycles. The van der Waals surface area contributed by atoms with Crippen molar-refractivity contribution < 1.29 is 0 Å². The maximum Gasteiger partial charge on any atom is 0.149 e. The highest BCUT2D eigenvalue weighted by Crippen LogP contribution is 2.28. The van der Waals surface area contributed by atoms with Crippen LogP contribution in [0.5, 0.6) is 0 Å². The summed E-state index contributed by atoms with van der Waals surface area (Å²) in [5, 5.41) is 3.96. The fourth-order valence-corrected chi connectivity index (χ4v) is 2.76. The molecule has 104 valence electrons. The Balaban J connectivity index is 1.90. The summed E-state index contributed by atoms with van der Waals surface area (Å²) in [6.45, 7) is 4.59. The summed E-state index contributed by atoms with van der Waals surface area (Å²) >= 11 is 6.02. The van der Waals surface area contributed by atoms with Crippen LogP contribution in [0.25, 0.3) is 0 Å². The number of anilines is 2. The Hall–Kier alpha value is -1.81. The lowest BCUT2D eigenvalue weighted by Gasteiger charge is -2.23. The first-order valence-electron chi connectivity index (χ1n) is 6.80. The van der Waals surface area contributed by atoms with Crippen LogP contribution in [0, 0.1) is 6.92 Å². The minimum absolute atomic E-state index is 0.508. The molecular weight excluding hydrogens is 272 g/mol. The van der Waals surface area contributed by atoms with E-state index in [4.69, 9.17) is 11.6 Å². The van der Waals surface area contributed by atoms with E-state index in [9.17, 15) is 0 Å². The summed E-state index contributed by atoms with van der Waals surface area (Å²) in [4.78, 5) is 11.1. The van der Waals surface area contributed by atoms with Gasteiger partial charge in [-0.15, -0.1) is 0 Å². The number of aromatic nitrogens is 2. The smallest absolute Gasteiger partial charge is 0.149 e. The highest BCUT2D eigenvalue weighted by molar-refractivity contribution is 6.29. The van der Waals surface area contributed by atoms with E-state index in [0.717, 1.165) is 31.0 Å². The van der Waals surface area contributed by atoms with Gasteiger partial charge in [0.25, 0.3) is 0 Å². The third-order valence-electron chi connectivity index (χ3n) is 3.37. The van der Waals surface area contributed by atoms with Crippen molar-refractivity contribution in [3.05, 3.63) is 47.0 Å². The standard InChI is InChI=1S/C15H17ClN4/c1-11-9-14(16)19-15(18-11)10-20-8-4-7-17-12-5-2-3-6-13(12)20/h2-3,5-6,9,17H,4,7-8,10H2,1H3. The van der Waals surface area contributed by atoms with Crippen LogP contribution in [-0.4, -0.2) is 23.1 Å². The Morgan fingerprint density at radius 1 is 1.30 bits per heavy atom. The van der Waals surface area contributed by atoms with Crippen molar-refractivity contribution in [3.8, 4) is 0 Å². The second-order valence-corrected chi connectivity index (χ2v) is 5.35. The van der Waals surface area contributed by atoms with E-state index in [1.165, 1.54) is 11.4 Å². The maximum atomic E-state index is 6.02. The first kappa shape index (κ1) is 13.2. The number of para-hydroxylation sites is 2. The highest BCUT2D eigenvalue weighted by atomic mass is 35.5. The summed E-state index contributed by atoms with van der Waals surface area (Å²) in [6, 6.07) is 10.1. The van der Waals surface area contributed by atoms with Crippen molar-refractivity contribution in [2.45, 2.75) is 19.9 Å². The van der Waals surface area contributed by atoms with Crippen LogP contribution in [-0.2, 0) is 6.54 Å². The zero-order chi connectivity index (χ0) is 13.9. The van der Waals surface area contributed by atoms with Gasteiger partial charge in [-0.25, -0.2) is 9.97 Å². The number of hydrogen-bond donors (Lipinski definition) is 1. The van der Waals surface area contributed by atoms with Gasteiger partial charge in [0.15, 0.2) is 0 Å². The molecule has 1 aromatic heterocycles. The molecule has 0 radical (unpaired) electrons. The Morgan fingerprint density at radius 2 is 2.15 bits per heavy atom. The molecule has 1 aliphatic heterocycles. The highest BCUT2D eigenvalue weighted by Gasteiger charge is 2.16. The van der Waals surface area contributed by atoms with Gasteiger partial charge in [-0.2, -0.15) is 0 Å². The van der Waals surface area contributed by atoms with Crippen LogP contribution in [0.4, 0.5) is 11.4 Å². The Bertz CT molecular complexity index is 594. The third-order valence-corrected chi connectivity index (χ3v) is 3.56. The monoisotopic (exact) mass is 288 g/mol. The number of hydrogen-bond acceptors (Lipinski definition) is 4. The van der Waals surface area contributed by atoms with Crippen LogP contribution in [0.15, 0.2) is 30.3 Å². The number of rotatable bonds is 2. The summed E-state index contributed by atoms with van der Waals surface area (Å²) in [5.74, 6) is 0.770. The van der Waals surface area contributed by atoms with E-state index in [1.54, 1.807) is 6.07 Å². The SMILES string of the molecule is Cc1cc(Cl)nc(CN2CCCNc3ccccc32)n1. The van der Waals surface area contributed by atoms with E-state index in [2.05, 4.69) is 44.5 Å². The van der Waals surface area contributed by atoms with E-state index in [1.807, 2.05) is 6.92 Å². The molecular formula is C15H17ClN4. The molecule has 0 atom stereocenters. The molecule has 4 nitrogen and oxygen atoms in total. The summed E-state index contributed by atoms with van der Waals surface area (Å²) in [7, 11) is 0. The second-order valence-electron chi connectivity index (χ2n) is 4.97. The minimum atomic E-state index is 0.508. The molecule has 1 N–H and O–H groups in total. The molecule has 1 aliphatic rings. The molecule has 0 saturated heterocycles. The molecule has 0 amide bonds. The third kappa shape index (κ3) is 2.85. The normalized spacial score (nSPS) is 14.4. The Kier molecular flexibility index (Phi) is 3.74. The number of nitrogens with zero attached hydrogens (tertiary/aromatic N) is 3. The van der Waals surface area contributed by atoms with E-state index >= 15 is 0 Å². The number of halogens is 1. The molecule has 0 bridgehead atoms. The first-order valence-corrected chi connectivity index (χ1v) is 7.18. The van der Waals surface area contributed by atoms with Crippen molar-refractivity contribution >= 4 is 23.0 Å². The average molecular weight is 289 g/mol. The van der Waals surface area contributed by atoms with Crippen molar-refractivity contribution in [3.63, 3.8) is 0 Å². The van der Waals surface area contributed by atoms with E-state index in [0.29, 0.717) is 11.7 Å². The van der Waals surface area contributed by atoms with Crippen LogP contribution in [0.1, 0.15) is 17.9 Å². The zero-order valence-corrected chi connectivity index (χ0v) is 12.2.